The number of anilines is 2. The summed E-state index contributed by atoms with van der Waals surface area (Å²) >= 11 is 0. The third-order valence-corrected chi connectivity index (χ3v) is 3.97. The van der Waals surface area contributed by atoms with E-state index in [2.05, 4.69) is 11.9 Å². The smallest absolute Gasteiger partial charge is 0.268 e. The van der Waals surface area contributed by atoms with Gasteiger partial charge in [-0.15, -0.1) is 6.58 Å². The number of benzene rings is 1. The zero-order chi connectivity index (χ0) is 16.4. The normalized spacial score (nSPS) is 23.2. The number of carbonyl (C=O) groups excluding carboxylic acids is 2. The molecular formula is C17H20N2O4. The quantitative estimate of drug-likeness (QED) is 0.864. The van der Waals surface area contributed by atoms with E-state index in [0.29, 0.717) is 30.3 Å². The molecule has 0 aliphatic carbocycles. The SMILES string of the molecule is C=CCN1C(=O)C(C)Oc2cc(NC(=O)C3CCCO3)ccc21. The van der Waals surface area contributed by atoms with E-state index >= 15 is 0 Å². The molecule has 122 valence electrons. The van der Waals surface area contributed by atoms with Crippen molar-refractivity contribution in [1.29, 1.82) is 0 Å². The number of fused-ring (bicyclic) bond motifs is 1. The Morgan fingerprint density at radius 2 is 2.35 bits per heavy atom. The van der Waals surface area contributed by atoms with E-state index in [0.717, 1.165) is 12.8 Å². The molecule has 1 saturated heterocycles. The molecule has 23 heavy (non-hydrogen) atoms. The molecule has 1 aromatic rings. The van der Waals surface area contributed by atoms with Gasteiger partial charge in [-0.25, -0.2) is 0 Å². The number of amides is 2. The zero-order valence-corrected chi connectivity index (χ0v) is 13.1. The Morgan fingerprint density at radius 3 is 3.04 bits per heavy atom. The summed E-state index contributed by atoms with van der Waals surface area (Å²) in [4.78, 5) is 25.9. The Labute approximate surface area is 135 Å². The number of nitrogens with one attached hydrogen (secondary N) is 1. The fraction of sp³-hybridized carbons (Fsp3) is 0.412. The van der Waals surface area contributed by atoms with E-state index in [9.17, 15) is 9.59 Å². The average Bonchev–Trinajstić information content (AvgIpc) is 3.06. The van der Waals surface area contributed by atoms with Gasteiger partial charge in [0.15, 0.2) is 6.10 Å². The first-order chi connectivity index (χ1) is 11.1. The van der Waals surface area contributed by atoms with E-state index in [1.807, 2.05) is 0 Å². The second-order valence-corrected chi connectivity index (χ2v) is 5.67. The third-order valence-electron chi connectivity index (χ3n) is 3.97. The van der Waals surface area contributed by atoms with Crippen molar-refractivity contribution in [2.45, 2.75) is 32.0 Å². The molecule has 6 nitrogen and oxygen atoms in total. The van der Waals surface area contributed by atoms with Crippen LogP contribution in [0.1, 0.15) is 19.8 Å². The lowest BCUT2D eigenvalue weighted by Gasteiger charge is -2.32. The molecule has 6 heteroatoms. The van der Waals surface area contributed by atoms with Crippen molar-refractivity contribution in [2.24, 2.45) is 0 Å². The maximum atomic E-state index is 12.2. The molecule has 2 heterocycles. The number of carbonyl (C=O) groups is 2. The lowest BCUT2D eigenvalue weighted by molar-refractivity contribution is -0.125. The molecule has 2 aliphatic heterocycles. The molecule has 0 aromatic heterocycles. The van der Waals surface area contributed by atoms with Crippen molar-refractivity contribution in [1.82, 2.24) is 0 Å². The number of hydrogen-bond donors (Lipinski definition) is 1. The van der Waals surface area contributed by atoms with Crippen LogP contribution in [-0.4, -0.2) is 37.2 Å². The van der Waals surface area contributed by atoms with Crippen LogP contribution in [0.5, 0.6) is 5.75 Å². The molecule has 2 atom stereocenters. The largest absolute Gasteiger partial charge is 0.479 e. The summed E-state index contributed by atoms with van der Waals surface area (Å²) in [7, 11) is 0. The van der Waals surface area contributed by atoms with Crippen molar-refractivity contribution < 1.29 is 19.1 Å². The lowest BCUT2D eigenvalue weighted by Crippen LogP contribution is -2.44. The minimum atomic E-state index is -0.563. The van der Waals surface area contributed by atoms with Crippen molar-refractivity contribution in [3.63, 3.8) is 0 Å². The van der Waals surface area contributed by atoms with Gasteiger partial charge in [-0.3, -0.25) is 9.59 Å². The molecular weight excluding hydrogens is 296 g/mol. The first-order valence-electron chi connectivity index (χ1n) is 7.75. The van der Waals surface area contributed by atoms with Gasteiger partial charge in [-0.05, 0) is 31.9 Å². The second-order valence-electron chi connectivity index (χ2n) is 5.67. The van der Waals surface area contributed by atoms with Crippen LogP contribution in [0.3, 0.4) is 0 Å². The van der Waals surface area contributed by atoms with Crippen LogP contribution < -0.4 is 15.0 Å². The summed E-state index contributed by atoms with van der Waals surface area (Å²) in [6, 6.07) is 5.27. The van der Waals surface area contributed by atoms with Crippen LogP contribution in [-0.2, 0) is 14.3 Å². The van der Waals surface area contributed by atoms with Crippen molar-refractivity contribution in [3.8, 4) is 5.75 Å². The fourth-order valence-electron chi connectivity index (χ4n) is 2.81. The molecule has 0 saturated carbocycles. The molecule has 0 radical (unpaired) electrons. The first kappa shape index (κ1) is 15.6. The standard InChI is InChI=1S/C17H20N2O4/c1-3-8-19-13-7-6-12(10-15(13)23-11(2)17(19)21)18-16(20)14-5-4-9-22-14/h3,6-7,10-11,14H,1,4-5,8-9H2,2H3,(H,18,20). The summed E-state index contributed by atoms with van der Waals surface area (Å²) in [5.74, 6) is 0.322. The van der Waals surface area contributed by atoms with E-state index in [1.54, 1.807) is 36.1 Å². The molecule has 2 unspecified atom stereocenters. The van der Waals surface area contributed by atoms with Crippen molar-refractivity contribution in [3.05, 3.63) is 30.9 Å². The molecule has 2 aliphatic rings. The van der Waals surface area contributed by atoms with Gasteiger partial charge in [-0.2, -0.15) is 0 Å². The van der Waals surface area contributed by atoms with Gasteiger partial charge < -0.3 is 19.7 Å². The molecule has 3 rings (SSSR count). The Morgan fingerprint density at radius 1 is 1.52 bits per heavy atom. The maximum absolute atomic E-state index is 12.2. The Bertz CT molecular complexity index is 637. The lowest BCUT2D eigenvalue weighted by atomic mass is 10.1. The van der Waals surface area contributed by atoms with Gasteiger partial charge in [0.25, 0.3) is 11.8 Å². The fourth-order valence-corrected chi connectivity index (χ4v) is 2.81. The van der Waals surface area contributed by atoms with Crippen LogP contribution in [0.4, 0.5) is 11.4 Å². The average molecular weight is 316 g/mol. The maximum Gasteiger partial charge on any atom is 0.268 e. The minimum Gasteiger partial charge on any atom is -0.479 e. The van der Waals surface area contributed by atoms with Gasteiger partial charge in [0.2, 0.25) is 0 Å². The van der Waals surface area contributed by atoms with Gasteiger partial charge in [-0.1, -0.05) is 6.08 Å². The predicted molar refractivity (Wildman–Crippen MR) is 86.7 cm³/mol. The summed E-state index contributed by atoms with van der Waals surface area (Å²) in [5, 5.41) is 2.84. The van der Waals surface area contributed by atoms with Gasteiger partial charge in [0, 0.05) is 24.9 Å². The zero-order valence-electron chi connectivity index (χ0n) is 13.1. The highest BCUT2D eigenvalue weighted by Gasteiger charge is 2.31. The number of ether oxygens (including phenoxy) is 2. The summed E-state index contributed by atoms with van der Waals surface area (Å²) in [6.07, 6.45) is 2.37. The molecule has 1 N–H and O–H groups in total. The minimum absolute atomic E-state index is 0.103. The number of rotatable bonds is 4. The van der Waals surface area contributed by atoms with Gasteiger partial charge in [0.1, 0.15) is 11.9 Å². The van der Waals surface area contributed by atoms with Crippen LogP contribution in [0.25, 0.3) is 0 Å². The van der Waals surface area contributed by atoms with Crippen LogP contribution in [0, 0.1) is 0 Å². The Hall–Kier alpha value is -2.34. The van der Waals surface area contributed by atoms with E-state index in [1.165, 1.54) is 0 Å². The first-order valence-corrected chi connectivity index (χ1v) is 7.75. The van der Waals surface area contributed by atoms with Gasteiger partial charge >= 0.3 is 0 Å². The number of hydrogen-bond acceptors (Lipinski definition) is 4. The Kier molecular flexibility index (Phi) is 4.34. The van der Waals surface area contributed by atoms with E-state index in [-0.39, 0.29) is 17.9 Å². The molecule has 1 fully saturated rings. The van der Waals surface area contributed by atoms with Crippen molar-refractivity contribution in [2.75, 3.05) is 23.4 Å². The molecule has 0 bridgehead atoms. The molecule has 1 aromatic carbocycles. The van der Waals surface area contributed by atoms with E-state index < -0.39 is 6.10 Å². The van der Waals surface area contributed by atoms with Crippen LogP contribution >= 0.6 is 0 Å². The molecule has 2 amide bonds. The van der Waals surface area contributed by atoms with Crippen molar-refractivity contribution >= 4 is 23.2 Å². The van der Waals surface area contributed by atoms with Crippen LogP contribution in [0.15, 0.2) is 30.9 Å². The second kappa shape index (κ2) is 6.42. The monoisotopic (exact) mass is 316 g/mol. The number of nitrogens with zero attached hydrogens (tertiary/aromatic N) is 1. The highest BCUT2D eigenvalue weighted by atomic mass is 16.5. The summed E-state index contributed by atoms with van der Waals surface area (Å²) in [5.41, 5.74) is 1.31. The summed E-state index contributed by atoms with van der Waals surface area (Å²) in [6.45, 7) is 6.43. The Balaban J connectivity index is 1.81. The topological polar surface area (TPSA) is 67.9 Å². The highest BCUT2D eigenvalue weighted by Crippen LogP contribution is 2.36. The highest BCUT2D eigenvalue weighted by molar-refractivity contribution is 6.01. The summed E-state index contributed by atoms with van der Waals surface area (Å²) < 4.78 is 11.0. The predicted octanol–water partition coefficient (Wildman–Crippen LogP) is 2.10. The van der Waals surface area contributed by atoms with Gasteiger partial charge in [0.05, 0.1) is 5.69 Å². The molecule has 0 spiro atoms. The third kappa shape index (κ3) is 3.07. The van der Waals surface area contributed by atoms with Crippen LogP contribution in [0.2, 0.25) is 0 Å². The van der Waals surface area contributed by atoms with E-state index in [4.69, 9.17) is 9.47 Å².